The molecule has 0 amide bonds. The predicted molar refractivity (Wildman–Crippen MR) is 85.6 cm³/mol. The third-order valence-electron chi connectivity index (χ3n) is 3.57. The molecule has 1 aromatic carbocycles. The van der Waals surface area contributed by atoms with Crippen LogP contribution in [0.4, 0.5) is 0 Å². The minimum atomic E-state index is -0.735. The third-order valence-corrected chi connectivity index (χ3v) is 4.96. The molecule has 21 heavy (non-hydrogen) atoms. The standard InChI is InChI=1S/C15H17BrO4S/c1-4-15(5-2)14(17)12(16)13(19-15)10-6-8-11(9-7-10)21-20-18-3/h6-9H,4-5H2,1-3H3. The van der Waals surface area contributed by atoms with E-state index in [1.165, 1.54) is 7.11 Å². The lowest BCUT2D eigenvalue weighted by molar-refractivity contribution is -0.160. The summed E-state index contributed by atoms with van der Waals surface area (Å²) < 4.78 is 11.3. The molecule has 0 unspecified atom stereocenters. The molecule has 6 heteroatoms. The molecule has 114 valence electrons. The molecule has 4 nitrogen and oxygen atoms in total. The highest BCUT2D eigenvalue weighted by Crippen LogP contribution is 2.42. The van der Waals surface area contributed by atoms with Crippen LogP contribution >= 0.6 is 28.0 Å². The van der Waals surface area contributed by atoms with Crippen LogP contribution in [0.1, 0.15) is 32.3 Å². The molecule has 1 aromatic rings. The van der Waals surface area contributed by atoms with E-state index in [9.17, 15) is 4.79 Å². The number of hydrogen-bond donors (Lipinski definition) is 0. The van der Waals surface area contributed by atoms with Gasteiger partial charge in [-0.1, -0.05) is 26.0 Å². The Hall–Kier alpha value is -0.820. The van der Waals surface area contributed by atoms with E-state index in [4.69, 9.17) is 9.07 Å². The van der Waals surface area contributed by atoms with Crippen LogP contribution in [0, 0.1) is 0 Å². The van der Waals surface area contributed by atoms with Gasteiger partial charge in [-0.25, -0.2) is 4.89 Å². The SMILES string of the molecule is CCC1(CC)OC(c2ccc(SOOC)cc2)=C(Br)C1=O. The largest absolute Gasteiger partial charge is 0.477 e. The second-order valence-electron chi connectivity index (χ2n) is 4.62. The van der Waals surface area contributed by atoms with Crippen molar-refractivity contribution in [2.75, 3.05) is 7.11 Å². The maximum Gasteiger partial charge on any atom is 0.217 e. The second-order valence-corrected chi connectivity index (χ2v) is 6.19. The normalized spacial score (nSPS) is 17.2. The number of benzene rings is 1. The molecule has 0 aromatic heterocycles. The highest BCUT2D eigenvalue weighted by Gasteiger charge is 2.46. The minimum Gasteiger partial charge on any atom is -0.477 e. The first-order valence-electron chi connectivity index (χ1n) is 6.69. The Morgan fingerprint density at radius 1 is 1.24 bits per heavy atom. The molecule has 2 rings (SSSR count). The van der Waals surface area contributed by atoms with Crippen molar-refractivity contribution in [3.05, 3.63) is 34.3 Å². The molecule has 0 bridgehead atoms. The maximum absolute atomic E-state index is 12.4. The molecule has 0 saturated carbocycles. The summed E-state index contributed by atoms with van der Waals surface area (Å²) in [6.45, 7) is 3.93. The summed E-state index contributed by atoms with van der Waals surface area (Å²) in [6, 6.07) is 7.56. The van der Waals surface area contributed by atoms with Crippen molar-refractivity contribution in [1.82, 2.24) is 0 Å². The van der Waals surface area contributed by atoms with E-state index < -0.39 is 5.60 Å². The fraction of sp³-hybridized carbons (Fsp3) is 0.400. The summed E-state index contributed by atoms with van der Waals surface area (Å²) in [5.41, 5.74) is 0.126. The van der Waals surface area contributed by atoms with Crippen molar-refractivity contribution in [1.29, 1.82) is 0 Å². The zero-order chi connectivity index (χ0) is 15.5. The fourth-order valence-electron chi connectivity index (χ4n) is 2.23. The van der Waals surface area contributed by atoms with Crippen LogP contribution in [0.3, 0.4) is 0 Å². The molecule has 0 radical (unpaired) electrons. The average molecular weight is 373 g/mol. The van der Waals surface area contributed by atoms with Crippen molar-refractivity contribution < 1.29 is 18.8 Å². The second kappa shape index (κ2) is 6.96. The molecule has 1 aliphatic rings. The quantitative estimate of drug-likeness (QED) is 0.418. The van der Waals surface area contributed by atoms with Crippen molar-refractivity contribution in [2.24, 2.45) is 0 Å². The van der Waals surface area contributed by atoms with Gasteiger partial charge in [0.15, 0.2) is 5.60 Å². The number of halogens is 1. The van der Waals surface area contributed by atoms with Crippen LogP contribution in [0.5, 0.6) is 0 Å². The third kappa shape index (κ3) is 3.18. The molecule has 0 aliphatic carbocycles. The predicted octanol–water partition coefficient (Wildman–Crippen LogP) is 4.49. The lowest BCUT2D eigenvalue weighted by Crippen LogP contribution is -2.35. The van der Waals surface area contributed by atoms with Crippen LogP contribution < -0.4 is 0 Å². The molecule has 1 heterocycles. The van der Waals surface area contributed by atoms with E-state index in [1.807, 2.05) is 38.1 Å². The molecular weight excluding hydrogens is 356 g/mol. The summed E-state index contributed by atoms with van der Waals surface area (Å²) >= 11 is 4.50. The zero-order valence-corrected chi connectivity index (χ0v) is 14.5. The van der Waals surface area contributed by atoms with Gasteiger partial charge in [0.1, 0.15) is 10.2 Å². The molecule has 0 saturated heterocycles. The number of carbonyl (C=O) groups excluding carboxylic acids is 1. The van der Waals surface area contributed by atoms with Gasteiger partial charge in [0.05, 0.1) is 19.2 Å². The number of ether oxygens (including phenoxy) is 1. The number of carbonyl (C=O) groups is 1. The topological polar surface area (TPSA) is 44.8 Å². The van der Waals surface area contributed by atoms with Crippen LogP contribution in [0.2, 0.25) is 0 Å². The number of hydrogen-bond acceptors (Lipinski definition) is 5. The monoisotopic (exact) mass is 372 g/mol. The first-order valence-corrected chi connectivity index (χ1v) is 8.22. The van der Waals surface area contributed by atoms with Gasteiger partial charge in [-0.15, -0.1) is 0 Å². The highest BCUT2D eigenvalue weighted by atomic mass is 79.9. The van der Waals surface area contributed by atoms with Gasteiger partial charge in [0, 0.05) is 10.5 Å². The van der Waals surface area contributed by atoms with E-state index in [-0.39, 0.29) is 5.78 Å². The van der Waals surface area contributed by atoms with E-state index in [1.54, 1.807) is 0 Å². The Balaban J connectivity index is 2.24. The molecule has 1 aliphatic heterocycles. The average Bonchev–Trinajstić information content (AvgIpc) is 2.79. The molecule has 0 fully saturated rings. The van der Waals surface area contributed by atoms with Crippen molar-refractivity contribution in [3.63, 3.8) is 0 Å². The Kier molecular flexibility index (Phi) is 5.48. The summed E-state index contributed by atoms with van der Waals surface area (Å²) in [4.78, 5) is 17.9. The molecule has 0 N–H and O–H groups in total. The van der Waals surface area contributed by atoms with Gasteiger partial charge in [0.25, 0.3) is 0 Å². The van der Waals surface area contributed by atoms with Crippen molar-refractivity contribution in [3.8, 4) is 0 Å². The van der Waals surface area contributed by atoms with E-state index in [0.29, 0.717) is 23.1 Å². The van der Waals surface area contributed by atoms with Crippen LogP contribution in [-0.4, -0.2) is 18.5 Å². The van der Waals surface area contributed by atoms with Crippen LogP contribution in [-0.2, 0) is 18.8 Å². The Morgan fingerprint density at radius 2 is 1.86 bits per heavy atom. The molecule has 0 spiro atoms. The summed E-state index contributed by atoms with van der Waals surface area (Å²) in [6.07, 6.45) is 1.30. The van der Waals surface area contributed by atoms with Gasteiger partial charge < -0.3 is 4.74 Å². The lowest BCUT2D eigenvalue weighted by Gasteiger charge is -2.25. The van der Waals surface area contributed by atoms with Gasteiger partial charge in [0.2, 0.25) is 5.78 Å². The van der Waals surface area contributed by atoms with E-state index in [0.717, 1.165) is 22.5 Å². The first-order chi connectivity index (χ1) is 10.1. The Morgan fingerprint density at radius 3 is 2.33 bits per heavy atom. The highest BCUT2D eigenvalue weighted by molar-refractivity contribution is 9.12. The van der Waals surface area contributed by atoms with Crippen LogP contribution in [0.15, 0.2) is 33.6 Å². The van der Waals surface area contributed by atoms with E-state index in [2.05, 4.69) is 20.8 Å². The fourth-order valence-corrected chi connectivity index (χ4v) is 3.29. The molecule has 0 atom stereocenters. The lowest BCUT2D eigenvalue weighted by atomic mass is 9.93. The number of rotatable bonds is 6. The van der Waals surface area contributed by atoms with Crippen LogP contribution in [0.25, 0.3) is 5.76 Å². The van der Waals surface area contributed by atoms with Gasteiger partial charge in [-0.05, 0) is 40.9 Å². The van der Waals surface area contributed by atoms with Gasteiger partial charge in [-0.2, -0.15) is 4.33 Å². The van der Waals surface area contributed by atoms with Crippen molar-refractivity contribution in [2.45, 2.75) is 37.2 Å². The maximum atomic E-state index is 12.4. The summed E-state index contributed by atoms with van der Waals surface area (Å²) in [7, 11) is 1.45. The summed E-state index contributed by atoms with van der Waals surface area (Å²) in [5, 5.41) is 0. The van der Waals surface area contributed by atoms with E-state index >= 15 is 0 Å². The Bertz CT molecular complexity index is 549. The van der Waals surface area contributed by atoms with Crippen molar-refractivity contribution >= 4 is 39.5 Å². The zero-order valence-electron chi connectivity index (χ0n) is 12.1. The first kappa shape index (κ1) is 16.5. The van der Waals surface area contributed by atoms with Gasteiger partial charge in [-0.3, -0.25) is 4.79 Å². The molecular formula is C15H17BrO4S. The minimum absolute atomic E-state index is 0.0173. The number of ketones is 1. The smallest absolute Gasteiger partial charge is 0.217 e. The Labute approximate surface area is 137 Å². The van der Waals surface area contributed by atoms with Gasteiger partial charge >= 0.3 is 0 Å². The summed E-state index contributed by atoms with van der Waals surface area (Å²) in [5.74, 6) is 0.622. The number of Topliss-reactive ketones (excluding diaryl/α,β-unsaturated/α-hetero) is 1.